The van der Waals surface area contributed by atoms with Gasteiger partial charge in [-0.3, -0.25) is 9.59 Å². The molecule has 2 amide bonds. The molecule has 0 fully saturated rings. The summed E-state index contributed by atoms with van der Waals surface area (Å²) in [6, 6.07) is 15.8. The van der Waals surface area contributed by atoms with Crippen molar-refractivity contribution in [2.24, 2.45) is 0 Å². The van der Waals surface area contributed by atoms with Crippen molar-refractivity contribution in [3.8, 4) is 5.75 Å². The summed E-state index contributed by atoms with van der Waals surface area (Å²) in [5, 5.41) is 3.98. The summed E-state index contributed by atoms with van der Waals surface area (Å²) < 4.78 is 5.16. The van der Waals surface area contributed by atoms with Gasteiger partial charge in [0.25, 0.3) is 0 Å². The van der Waals surface area contributed by atoms with Crippen molar-refractivity contribution in [3.63, 3.8) is 0 Å². The van der Waals surface area contributed by atoms with Crippen LogP contribution in [0.1, 0.15) is 18.1 Å². The normalized spacial score (nSPS) is 10.7. The third-order valence-corrected chi connectivity index (χ3v) is 5.00. The number of aromatic amines is 1. The molecule has 3 rings (SSSR count). The van der Waals surface area contributed by atoms with Crippen LogP contribution in [0.15, 0.2) is 54.7 Å². The summed E-state index contributed by atoms with van der Waals surface area (Å²) >= 11 is 0. The number of fused-ring (bicyclic) bond motifs is 1. The Bertz CT molecular complexity index is 963. The van der Waals surface area contributed by atoms with Crippen LogP contribution >= 0.6 is 0 Å². The lowest BCUT2D eigenvalue weighted by molar-refractivity contribution is -0.129. The number of amides is 2. The number of hydrogen-bond acceptors (Lipinski definition) is 3. The molecule has 0 radical (unpaired) electrons. The van der Waals surface area contributed by atoms with E-state index >= 15 is 0 Å². The van der Waals surface area contributed by atoms with Gasteiger partial charge in [0.05, 0.1) is 13.5 Å². The van der Waals surface area contributed by atoms with E-state index in [9.17, 15) is 9.59 Å². The van der Waals surface area contributed by atoms with Gasteiger partial charge in [-0.05, 0) is 35.7 Å². The van der Waals surface area contributed by atoms with E-state index in [-0.39, 0.29) is 11.8 Å². The molecule has 29 heavy (non-hydrogen) atoms. The number of ether oxygens (including phenoxy) is 1. The van der Waals surface area contributed by atoms with Gasteiger partial charge in [0.2, 0.25) is 11.8 Å². The lowest BCUT2D eigenvalue weighted by Gasteiger charge is -2.21. The molecule has 2 N–H and O–H groups in total. The number of carbonyl (C=O) groups excluding carboxylic acids is 2. The predicted octanol–water partition coefficient (Wildman–Crippen LogP) is 2.93. The van der Waals surface area contributed by atoms with Crippen molar-refractivity contribution in [3.05, 3.63) is 65.9 Å². The van der Waals surface area contributed by atoms with Crippen molar-refractivity contribution in [1.82, 2.24) is 15.2 Å². The molecule has 0 saturated heterocycles. The molecule has 1 heterocycles. The second-order valence-electron chi connectivity index (χ2n) is 6.99. The van der Waals surface area contributed by atoms with E-state index < -0.39 is 0 Å². The lowest BCUT2D eigenvalue weighted by atomic mass is 10.1. The first-order valence-corrected chi connectivity index (χ1v) is 9.77. The molecule has 0 bridgehead atoms. The average Bonchev–Trinajstić information content (AvgIpc) is 3.13. The number of hydrogen-bond donors (Lipinski definition) is 2. The van der Waals surface area contributed by atoms with Crippen LogP contribution in [0.2, 0.25) is 0 Å². The zero-order chi connectivity index (χ0) is 20.6. The fourth-order valence-corrected chi connectivity index (χ4v) is 3.33. The number of rotatable bonds is 9. The van der Waals surface area contributed by atoms with Crippen LogP contribution in [0.25, 0.3) is 10.9 Å². The van der Waals surface area contributed by atoms with E-state index in [0.717, 1.165) is 34.2 Å². The first kappa shape index (κ1) is 20.5. The highest BCUT2D eigenvalue weighted by molar-refractivity contribution is 5.88. The SMILES string of the molecule is COc1ccc(CCN(CCNC(=O)Cc2c[nH]c3ccccc23)C(C)=O)cc1. The van der Waals surface area contributed by atoms with Gasteiger partial charge in [0, 0.05) is 43.7 Å². The molecule has 0 aliphatic carbocycles. The van der Waals surface area contributed by atoms with E-state index in [1.54, 1.807) is 18.9 Å². The number of nitrogens with one attached hydrogen (secondary N) is 2. The molecule has 3 aromatic rings. The Hall–Kier alpha value is -3.28. The molecule has 0 aliphatic rings. The summed E-state index contributed by atoms with van der Waals surface area (Å²) in [6.07, 6.45) is 2.95. The van der Waals surface area contributed by atoms with Gasteiger partial charge in [0.1, 0.15) is 5.75 Å². The van der Waals surface area contributed by atoms with Crippen LogP contribution in [0.5, 0.6) is 5.75 Å². The first-order valence-electron chi connectivity index (χ1n) is 9.77. The van der Waals surface area contributed by atoms with Crippen molar-refractivity contribution in [2.45, 2.75) is 19.8 Å². The van der Waals surface area contributed by atoms with Gasteiger partial charge < -0.3 is 19.9 Å². The van der Waals surface area contributed by atoms with Gasteiger partial charge >= 0.3 is 0 Å². The van der Waals surface area contributed by atoms with Gasteiger partial charge in [-0.2, -0.15) is 0 Å². The van der Waals surface area contributed by atoms with Crippen LogP contribution in [0, 0.1) is 0 Å². The minimum Gasteiger partial charge on any atom is -0.497 e. The highest BCUT2D eigenvalue weighted by Crippen LogP contribution is 2.18. The van der Waals surface area contributed by atoms with E-state index in [0.29, 0.717) is 26.1 Å². The molecule has 0 aliphatic heterocycles. The molecule has 0 unspecified atom stereocenters. The Kier molecular flexibility index (Phi) is 6.89. The minimum atomic E-state index is -0.0478. The Morgan fingerprint density at radius 3 is 2.55 bits per heavy atom. The summed E-state index contributed by atoms with van der Waals surface area (Å²) in [5.41, 5.74) is 3.14. The van der Waals surface area contributed by atoms with Crippen molar-refractivity contribution in [2.75, 3.05) is 26.7 Å². The van der Waals surface area contributed by atoms with Crippen LogP contribution in [-0.4, -0.2) is 48.4 Å². The zero-order valence-corrected chi connectivity index (χ0v) is 16.9. The molecule has 0 spiro atoms. The molecule has 6 nitrogen and oxygen atoms in total. The van der Waals surface area contributed by atoms with E-state index in [1.807, 2.05) is 54.7 Å². The number of aromatic nitrogens is 1. The number of H-pyrrole nitrogens is 1. The zero-order valence-electron chi connectivity index (χ0n) is 16.9. The molecule has 0 saturated carbocycles. The minimum absolute atomic E-state index is 0.00406. The predicted molar refractivity (Wildman–Crippen MR) is 114 cm³/mol. The number of methoxy groups -OCH3 is 1. The lowest BCUT2D eigenvalue weighted by Crippen LogP contribution is -2.39. The van der Waals surface area contributed by atoms with Crippen LogP contribution in [0.4, 0.5) is 0 Å². The first-order chi connectivity index (χ1) is 14.1. The summed E-state index contributed by atoms with van der Waals surface area (Å²) in [7, 11) is 1.64. The molecule has 2 aromatic carbocycles. The quantitative estimate of drug-likeness (QED) is 0.587. The maximum absolute atomic E-state index is 12.3. The van der Waals surface area contributed by atoms with Crippen LogP contribution < -0.4 is 10.1 Å². The van der Waals surface area contributed by atoms with E-state index in [2.05, 4.69) is 10.3 Å². The summed E-state index contributed by atoms with van der Waals surface area (Å²) in [6.45, 7) is 3.09. The Morgan fingerprint density at radius 2 is 1.83 bits per heavy atom. The third kappa shape index (κ3) is 5.60. The van der Waals surface area contributed by atoms with Gasteiger partial charge in [-0.15, -0.1) is 0 Å². The van der Waals surface area contributed by atoms with Gasteiger partial charge in [-0.25, -0.2) is 0 Å². The molecule has 6 heteroatoms. The maximum Gasteiger partial charge on any atom is 0.224 e. The number of benzene rings is 2. The second-order valence-corrected chi connectivity index (χ2v) is 6.99. The van der Waals surface area contributed by atoms with Crippen molar-refractivity contribution < 1.29 is 14.3 Å². The molecule has 152 valence electrons. The largest absolute Gasteiger partial charge is 0.497 e. The topological polar surface area (TPSA) is 74.4 Å². The van der Waals surface area contributed by atoms with Gasteiger partial charge in [0.15, 0.2) is 0 Å². The van der Waals surface area contributed by atoms with Gasteiger partial charge in [-0.1, -0.05) is 30.3 Å². The standard InChI is InChI=1S/C23H27N3O3/c1-17(27)26(13-11-18-7-9-20(29-2)10-8-18)14-12-24-23(28)15-19-16-25-22-6-4-3-5-21(19)22/h3-10,16,25H,11-15H2,1-2H3,(H,24,28). The van der Waals surface area contributed by atoms with Crippen molar-refractivity contribution in [1.29, 1.82) is 0 Å². The fourth-order valence-electron chi connectivity index (χ4n) is 3.33. The average molecular weight is 393 g/mol. The number of carbonyl (C=O) groups is 2. The highest BCUT2D eigenvalue weighted by Gasteiger charge is 2.11. The van der Waals surface area contributed by atoms with Crippen LogP contribution in [-0.2, 0) is 22.4 Å². The van der Waals surface area contributed by atoms with E-state index in [1.165, 1.54) is 0 Å². The molecular weight excluding hydrogens is 366 g/mol. The summed E-state index contributed by atoms with van der Waals surface area (Å²) in [4.78, 5) is 29.2. The molecule has 0 atom stereocenters. The monoisotopic (exact) mass is 393 g/mol. The second kappa shape index (κ2) is 9.78. The Morgan fingerprint density at radius 1 is 1.07 bits per heavy atom. The van der Waals surface area contributed by atoms with E-state index in [4.69, 9.17) is 4.74 Å². The van der Waals surface area contributed by atoms with Crippen LogP contribution in [0.3, 0.4) is 0 Å². The maximum atomic E-state index is 12.3. The number of para-hydroxylation sites is 1. The fraction of sp³-hybridized carbons (Fsp3) is 0.304. The molecular formula is C23H27N3O3. The summed E-state index contributed by atoms with van der Waals surface area (Å²) in [5.74, 6) is 0.771. The molecule has 1 aromatic heterocycles. The number of nitrogens with zero attached hydrogens (tertiary/aromatic N) is 1. The highest BCUT2D eigenvalue weighted by atomic mass is 16.5. The van der Waals surface area contributed by atoms with Crippen molar-refractivity contribution >= 4 is 22.7 Å². The Balaban J connectivity index is 1.46. The smallest absolute Gasteiger partial charge is 0.224 e. The third-order valence-electron chi connectivity index (χ3n) is 5.00. The Labute approximate surface area is 170 Å².